The van der Waals surface area contributed by atoms with Gasteiger partial charge in [-0.25, -0.2) is 9.97 Å². The van der Waals surface area contributed by atoms with Gasteiger partial charge in [0.15, 0.2) is 5.82 Å². The number of hydrogen-bond donors (Lipinski definition) is 1. The molecule has 5 nitrogen and oxygen atoms in total. The number of nitrogen functional groups attached to an aromatic ring is 1. The summed E-state index contributed by atoms with van der Waals surface area (Å²) >= 11 is 6.20. The standard InChI is InChI=1S/C14H22ClN5/c15-12-13(16)17-10-18-14(12)20-7-3-11(4-8-20)9-19-5-1-2-6-19/h10-11H,1-9H2,(H2,16,17,18). The minimum atomic E-state index is 0.371. The lowest BCUT2D eigenvalue weighted by Crippen LogP contribution is -2.38. The third kappa shape index (κ3) is 2.99. The zero-order valence-corrected chi connectivity index (χ0v) is 12.5. The van der Waals surface area contributed by atoms with Crippen molar-refractivity contribution in [2.75, 3.05) is 43.4 Å². The van der Waals surface area contributed by atoms with Crippen LogP contribution in [-0.2, 0) is 0 Å². The number of nitrogens with zero attached hydrogens (tertiary/aromatic N) is 4. The summed E-state index contributed by atoms with van der Waals surface area (Å²) in [6, 6.07) is 0. The summed E-state index contributed by atoms with van der Waals surface area (Å²) in [5, 5.41) is 0.491. The number of anilines is 2. The third-order valence-corrected chi connectivity index (χ3v) is 4.79. The Morgan fingerprint density at radius 1 is 1.15 bits per heavy atom. The predicted octanol–water partition coefficient (Wildman–Crippen LogP) is 2.02. The lowest BCUT2D eigenvalue weighted by atomic mass is 9.96. The minimum absolute atomic E-state index is 0.371. The molecule has 110 valence electrons. The first-order valence-corrected chi connectivity index (χ1v) is 7.85. The van der Waals surface area contributed by atoms with Gasteiger partial charge in [0.2, 0.25) is 0 Å². The molecule has 0 aromatic carbocycles. The second-order valence-electron chi connectivity index (χ2n) is 5.83. The topological polar surface area (TPSA) is 58.3 Å². The van der Waals surface area contributed by atoms with Gasteiger partial charge in [-0.15, -0.1) is 0 Å². The average molecular weight is 296 g/mol. The molecule has 0 saturated carbocycles. The Morgan fingerprint density at radius 3 is 2.55 bits per heavy atom. The van der Waals surface area contributed by atoms with Crippen molar-refractivity contribution in [1.29, 1.82) is 0 Å². The van der Waals surface area contributed by atoms with Gasteiger partial charge in [-0.3, -0.25) is 0 Å². The Morgan fingerprint density at radius 2 is 1.85 bits per heavy atom. The van der Waals surface area contributed by atoms with E-state index in [9.17, 15) is 0 Å². The van der Waals surface area contributed by atoms with Crippen LogP contribution in [0.15, 0.2) is 6.33 Å². The minimum Gasteiger partial charge on any atom is -0.382 e. The van der Waals surface area contributed by atoms with Crippen LogP contribution in [-0.4, -0.2) is 47.6 Å². The Bertz CT molecular complexity index is 453. The van der Waals surface area contributed by atoms with Crippen LogP contribution in [0.5, 0.6) is 0 Å². The largest absolute Gasteiger partial charge is 0.382 e. The fraction of sp³-hybridized carbons (Fsp3) is 0.714. The summed E-state index contributed by atoms with van der Waals surface area (Å²) in [7, 11) is 0. The van der Waals surface area contributed by atoms with Gasteiger partial charge in [-0.2, -0.15) is 0 Å². The van der Waals surface area contributed by atoms with Gasteiger partial charge < -0.3 is 15.5 Å². The number of aromatic nitrogens is 2. The van der Waals surface area contributed by atoms with E-state index in [1.807, 2.05) is 0 Å². The molecule has 0 spiro atoms. The first kappa shape index (κ1) is 13.9. The van der Waals surface area contributed by atoms with Crippen molar-refractivity contribution in [3.63, 3.8) is 0 Å². The maximum absolute atomic E-state index is 6.20. The van der Waals surface area contributed by atoms with Crippen LogP contribution in [0.1, 0.15) is 25.7 Å². The third-order valence-electron chi connectivity index (χ3n) is 4.43. The molecule has 1 aromatic rings. The first-order chi connectivity index (χ1) is 9.74. The molecule has 0 amide bonds. The molecule has 3 heterocycles. The molecule has 2 saturated heterocycles. The van der Waals surface area contributed by atoms with Crippen LogP contribution < -0.4 is 10.6 Å². The molecule has 20 heavy (non-hydrogen) atoms. The number of piperidine rings is 1. The van der Waals surface area contributed by atoms with E-state index in [1.54, 1.807) is 0 Å². The van der Waals surface area contributed by atoms with Crippen LogP contribution >= 0.6 is 11.6 Å². The Balaban J connectivity index is 1.56. The van der Waals surface area contributed by atoms with Gasteiger partial charge in [0.1, 0.15) is 17.2 Å². The lowest BCUT2D eigenvalue weighted by molar-refractivity contribution is 0.249. The normalized spacial score (nSPS) is 21.6. The summed E-state index contributed by atoms with van der Waals surface area (Å²) in [4.78, 5) is 13.0. The van der Waals surface area contributed by atoms with Crippen molar-refractivity contribution in [2.24, 2.45) is 5.92 Å². The van der Waals surface area contributed by atoms with E-state index in [0.29, 0.717) is 10.8 Å². The maximum Gasteiger partial charge on any atom is 0.153 e. The first-order valence-electron chi connectivity index (χ1n) is 7.47. The highest BCUT2D eigenvalue weighted by molar-refractivity contribution is 6.35. The fourth-order valence-corrected chi connectivity index (χ4v) is 3.47. The molecule has 2 aliphatic rings. The number of hydrogen-bond acceptors (Lipinski definition) is 5. The van der Waals surface area contributed by atoms with Crippen LogP contribution in [0.4, 0.5) is 11.6 Å². The van der Waals surface area contributed by atoms with Crippen LogP contribution in [0.2, 0.25) is 5.02 Å². The molecule has 1 aromatic heterocycles. The average Bonchev–Trinajstić information content (AvgIpc) is 2.96. The smallest absolute Gasteiger partial charge is 0.153 e. The summed E-state index contributed by atoms with van der Waals surface area (Å²) in [5.74, 6) is 1.97. The summed E-state index contributed by atoms with van der Waals surface area (Å²) < 4.78 is 0. The predicted molar refractivity (Wildman–Crippen MR) is 82.1 cm³/mol. The van der Waals surface area contributed by atoms with E-state index in [0.717, 1.165) is 24.8 Å². The monoisotopic (exact) mass is 295 g/mol. The molecule has 2 aliphatic heterocycles. The number of halogens is 1. The second-order valence-corrected chi connectivity index (χ2v) is 6.21. The van der Waals surface area contributed by atoms with E-state index in [-0.39, 0.29) is 0 Å². The van der Waals surface area contributed by atoms with Gasteiger partial charge in [0.25, 0.3) is 0 Å². The van der Waals surface area contributed by atoms with Crippen molar-refractivity contribution >= 4 is 23.2 Å². The van der Waals surface area contributed by atoms with Gasteiger partial charge in [0, 0.05) is 19.6 Å². The highest BCUT2D eigenvalue weighted by Gasteiger charge is 2.24. The van der Waals surface area contributed by atoms with Crippen molar-refractivity contribution in [1.82, 2.24) is 14.9 Å². The number of likely N-dealkylation sites (tertiary alicyclic amines) is 1. The molecule has 0 atom stereocenters. The zero-order valence-electron chi connectivity index (χ0n) is 11.8. The van der Waals surface area contributed by atoms with Crippen molar-refractivity contribution in [2.45, 2.75) is 25.7 Å². The second kappa shape index (κ2) is 6.14. The van der Waals surface area contributed by atoms with E-state index in [4.69, 9.17) is 17.3 Å². The lowest BCUT2D eigenvalue weighted by Gasteiger charge is -2.34. The van der Waals surface area contributed by atoms with Gasteiger partial charge in [-0.1, -0.05) is 11.6 Å². The number of nitrogens with two attached hydrogens (primary N) is 1. The van der Waals surface area contributed by atoms with E-state index >= 15 is 0 Å². The summed E-state index contributed by atoms with van der Waals surface area (Å²) in [6.45, 7) is 5.85. The van der Waals surface area contributed by atoms with Gasteiger partial charge >= 0.3 is 0 Å². The fourth-order valence-electron chi connectivity index (χ4n) is 3.25. The van der Waals surface area contributed by atoms with Crippen LogP contribution in [0, 0.1) is 5.92 Å². The van der Waals surface area contributed by atoms with E-state index < -0.39 is 0 Å². The quantitative estimate of drug-likeness (QED) is 0.924. The van der Waals surface area contributed by atoms with Crippen LogP contribution in [0.25, 0.3) is 0 Å². The van der Waals surface area contributed by atoms with E-state index in [1.165, 1.54) is 51.6 Å². The molecule has 3 rings (SSSR count). The summed E-state index contributed by atoms with van der Waals surface area (Å²) in [6.07, 6.45) is 6.64. The highest BCUT2D eigenvalue weighted by atomic mass is 35.5. The van der Waals surface area contributed by atoms with Crippen LogP contribution in [0.3, 0.4) is 0 Å². The molecule has 2 fully saturated rings. The molecule has 0 aliphatic carbocycles. The molecule has 0 radical (unpaired) electrons. The Labute approximate surface area is 125 Å². The molecular weight excluding hydrogens is 274 g/mol. The van der Waals surface area contributed by atoms with Crippen molar-refractivity contribution in [3.05, 3.63) is 11.3 Å². The maximum atomic E-state index is 6.20. The van der Waals surface area contributed by atoms with Crippen molar-refractivity contribution < 1.29 is 0 Å². The summed E-state index contributed by atoms with van der Waals surface area (Å²) in [5.41, 5.74) is 5.75. The SMILES string of the molecule is Nc1ncnc(N2CCC(CN3CCCC3)CC2)c1Cl. The molecule has 0 unspecified atom stereocenters. The van der Waals surface area contributed by atoms with E-state index in [2.05, 4.69) is 19.8 Å². The van der Waals surface area contributed by atoms with Gasteiger partial charge in [0.05, 0.1) is 0 Å². The molecule has 2 N–H and O–H groups in total. The van der Waals surface area contributed by atoms with Gasteiger partial charge in [-0.05, 0) is 44.7 Å². The Hall–Kier alpha value is -1.07. The Kier molecular flexibility index (Phi) is 4.27. The molecular formula is C14H22ClN5. The molecule has 0 bridgehead atoms. The number of rotatable bonds is 3. The zero-order chi connectivity index (χ0) is 13.9. The highest BCUT2D eigenvalue weighted by Crippen LogP contribution is 2.30. The molecule has 6 heteroatoms. The van der Waals surface area contributed by atoms with Crippen molar-refractivity contribution in [3.8, 4) is 0 Å².